The van der Waals surface area contributed by atoms with Gasteiger partial charge in [-0.15, -0.1) is 0 Å². The molecule has 0 spiro atoms. The average Bonchev–Trinajstić information content (AvgIpc) is 2.98. The average molecular weight is 275 g/mol. The lowest BCUT2D eigenvalue weighted by Crippen LogP contribution is -2.32. The summed E-state index contributed by atoms with van der Waals surface area (Å²) < 4.78 is 19.5. The second-order valence-electron chi connectivity index (χ2n) is 5.01. The third-order valence-corrected chi connectivity index (χ3v) is 3.72. The molecule has 3 rings (SSSR count). The topological polar surface area (TPSA) is 38.2 Å². The summed E-state index contributed by atoms with van der Waals surface area (Å²) in [6.07, 6.45) is 3.86. The second kappa shape index (κ2) is 5.71. The Morgan fingerprint density at radius 1 is 1.40 bits per heavy atom. The van der Waals surface area contributed by atoms with Gasteiger partial charge in [0.05, 0.1) is 6.10 Å². The maximum atomic E-state index is 13.8. The summed E-state index contributed by atoms with van der Waals surface area (Å²) in [5.41, 5.74) is 0.378. The minimum Gasteiger partial charge on any atom is -0.376 e. The van der Waals surface area contributed by atoms with Crippen LogP contribution in [-0.4, -0.2) is 35.8 Å². The Morgan fingerprint density at radius 3 is 3.05 bits per heavy atom. The zero-order valence-corrected chi connectivity index (χ0v) is 11.6. The van der Waals surface area contributed by atoms with Crippen molar-refractivity contribution in [2.24, 2.45) is 0 Å². The zero-order valence-electron chi connectivity index (χ0n) is 11.6. The van der Waals surface area contributed by atoms with Gasteiger partial charge >= 0.3 is 0 Å². The zero-order chi connectivity index (χ0) is 13.9. The molecular formula is C15H18FN3O. The lowest BCUT2D eigenvalue weighted by molar-refractivity contribution is 0.115. The predicted octanol–water partition coefficient (Wildman–Crippen LogP) is 2.77. The number of benzene rings is 1. The molecular weight excluding hydrogens is 257 g/mol. The molecule has 0 saturated carbocycles. The van der Waals surface area contributed by atoms with Crippen LogP contribution in [0.15, 0.2) is 24.5 Å². The normalized spacial score (nSPS) is 18.6. The van der Waals surface area contributed by atoms with Crippen molar-refractivity contribution >= 4 is 16.7 Å². The molecule has 1 saturated heterocycles. The quantitative estimate of drug-likeness (QED) is 0.860. The molecule has 1 atom stereocenters. The second-order valence-corrected chi connectivity index (χ2v) is 5.01. The summed E-state index contributed by atoms with van der Waals surface area (Å²) >= 11 is 0. The highest BCUT2D eigenvalue weighted by atomic mass is 19.1. The summed E-state index contributed by atoms with van der Waals surface area (Å²) in [5.74, 6) is 0.479. The first kappa shape index (κ1) is 13.2. The van der Waals surface area contributed by atoms with E-state index in [-0.39, 0.29) is 11.9 Å². The molecule has 0 amide bonds. The van der Waals surface area contributed by atoms with Crippen molar-refractivity contribution < 1.29 is 9.13 Å². The van der Waals surface area contributed by atoms with E-state index in [9.17, 15) is 4.39 Å². The minimum atomic E-state index is -0.306. The summed E-state index contributed by atoms with van der Waals surface area (Å²) in [7, 11) is 0. The summed E-state index contributed by atoms with van der Waals surface area (Å²) in [6, 6.07) is 4.99. The minimum absolute atomic E-state index is 0.244. The van der Waals surface area contributed by atoms with Crippen LogP contribution in [0.3, 0.4) is 0 Å². The number of nitrogens with zero attached hydrogens (tertiary/aromatic N) is 3. The maximum absolute atomic E-state index is 13.8. The molecule has 1 unspecified atom stereocenters. The number of fused-ring (bicyclic) bond motifs is 1. The van der Waals surface area contributed by atoms with Gasteiger partial charge < -0.3 is 9.64 Å². The Bertz CT molecular complexity index is 599. The van der Waals surface area contributed by atoms with Crippen molar-refractivity contribution in [3.8, 4) is 0 Å². The van der Waals surface area contributed by atoms with Crippen LogP contribution in [0.4, 0.5) is 10.2 Å². The maximum Gasteiger partial charge on any atom is 0.149 e. The van der Waals surface area contributed by atoms with Crippen LogP contribution in [0.1, 0.15) is 19.8 Å². The molecule has 1 aliphatic heterocycles. The van der Waals surface area contributed by atoms with Gasteiger partial charge in [0, 0.05) is 25.1 Å². The van der Waals surface area contributed by atoms with Gasteiger partial charge in [-0.05, 0) is 31.9 Å². The molecule has 4 nitrogen and oxygen atoms in total. The number of aromatic nitrogens is 2. The van der Waals surface area contributed by atoms with Crippen molar-refractivity contribution in [2.75, 3.05) is 24.6 Å². The van der Waals surface area contributed by atoms with E-state index in [2.05, 4.69) is 21.8 Å². The van der Waals surface area contributed by atoms with Crippen molar-refractivity contribution in [1.29, 1.82) is 0 Å². The van der Waals surface area contributed by atoms with Gasteiger partial charge in [0.2, 0.25) is 0 Å². The first-order valence-corrected chi connectivity index (χ1v) is 7.05. The van der Waals surface area contributed by atoms with Crippen LogP contribution >= 0.6 is 0 Å². The molecule has 5 heteroatoms. The van der Waals surface area contributed by atoms with Crippen molar-refractivity contribution in [3.05, 3.63) is 30.3 Å². The Balaban J connectivity index is 1.96. The third kappa shape index (κ3) is 2.45. The number of hydrogen-bond acceptors (Lipinski definition) is 4. The Kier molecular flexibility index (Phi) is 3.78. The largest absolute Gasteiger partial charge is 0.376 e. The summed E-state index contributed by atoms with van der Waals surface area (Å²) in [5, 5.41) is 0.757. The SMILES string of the molecule is CCN(CC1CCCO1)c1ncnc2c(F)cccc12. The molecule has 1 aliphatic rings. The molecule has 20 heavy (non-hydrogen) atoms. The van der Waals surface area contributed by atoms with Crippen LogP contribution in [0.2, 0.25) is 0 Å². The molecule has 1 aromatic heterocycles. The highest BCUT2D eigenvalue weighted by Crippen LogP contribution is 2.25. The van der Waals surface area contributed by atoms with E-state index >= 15 is 0 Å². The number of ether oxygens (including phenoxy) is 1. The highest BCUT2D eigenvalue weighted by molar-refractivity contribution is 5.89. The van der Waals surface area contributed by atoms with Crippen molar-refractivity contribution in [2.45, 2.75) is 25.9 Å². The fraction of sp³-hybridized carbons (Fsp3) is 0.467. The van der Waals surface area contributed by atoms with E-state index < -0.39 is 0 Å². The molecule has 2 aromatic rings. The molecule has 1 fully saturated rings. The van der Waals surface area contributed by atoms with Crippen LogP contribution < -0.4 is 4.90 Å². The van der Waals surface area contributed by atoms with Crippen LogP contribution in [0.25, 0.3) is 10.9 Å². The molecule has 0 N–H and O–H groups in total. The van der Waals surface area contributed by atoms with E-state index in [4.69, 9.17) is 4.74 Å². The molecule has 106 valence electrons. The van der Waals surface area contributed by atoms with Gasteiger partial charge in [0.15, 0.2) is 0 Å². The monoisotopic (exact) mass is 275 g/mol. The fourth-order valence-electron chi connectivity index (χ4n) is 2.69. The molecule has 0 aliphatic carbocycles. The standard InChI is InChI=1S/C15H18FN3O/c1-2-19(9-11-5-4-8-20-11)15-12-6-3-7-13(16)14(12)17-10-18-15/h3,6-7,10-11H,2,4-5,8-9H2,1H3. The van der Waals surface area contributed by atoms with Crippen LogP contribution in [0.5, 0.6) is 0 Å². The number of hydrogen-bond donors (Lipinski definition) is 0. The van der Waals surface area contributed by atoms with Gasteiger partial charge in [-0.2, -0.15) is 0 Å². The lowest BCUT2D eigenvalue weighted by Gasteiger charge is -2.25. The summed E-state index contributed by atoms with van der Waals surface area (Å²) in [4.78, 5) is 10.5. The summed E-state index contributed by atoms with van der Waals surface area (Å²) in [6.45, 7) is 4.51. The molecule has 0 radical (unpaired) electrons. The van der Waals surface area contributed by atoms with E-state index in [1.165, 1.54) is 12.4 Å². The smallest absolute Gasteiger partial charge is 0.149 e. The molecule has 2 heterocycles. The van der Waals surface area contributed by atoms with Gasteiger partial charge in [-0.1, -0.05) is 6.07 Å². The van der Waals surface area contributed by atoms with E-state index in [1.54, 1.807) is 6.07 Å². The van der Waals surface area contributed by atoms with Gasteiger partial charge in [-0.25, -0.2) is 14.4 Å². The van der Waals surface area contributed by atoms with E-state index in [1.807, 2.05) is 6.07 Å². The van der Waals surface area contributed by atoms with E-state index in [0.717, 1.165) is 43.7 Å². The predicted molar refractivity (Wildman–Crippen MR) is 76.4 cm³/mol. The van der Waals surface area contributed by atoms with Gasteiger partial charge in [-0.3, -0.25) is 0 Å². The first-order chi connectivity index (χ1) is 9.79. The molecule has 1 aromatic carbocycles. The number of rotatable bonds is 4. The van der Waals surface area contributed by atoms with Crippen LogP contribution in [-0.2, 0) is 4.74 Å². The van der Waals surface area contributed by atoms with Gasteiger partial charge in [0.25, 0.3) is 0 Å². The highest BCUT2D eigenvalue weighted by Gasteiger charge is 2.21. The van der Waals surface area contributed by atoms with Crippen molar-refractivity contribution in [1.82, 2.24) is 9.97 Å². The number of anilines is 1. The lowest BCUT2D eigenvalue weighted by atomic mass is 10.2. The first-order valence-electron chi connectivity index (χ1n) is 7.05. The number of para-hydroxylation sites is 1. The number of likely N-dealkylation sites (N-methyl/N-ethyl adjacent to an activating group) is 1. The van der Waals surface area contributed by atoms with Gasteiger partial charge in [0.1, 0.15) is 23.5 Å². The fourth-order valence-corrected chi connectivity index (χ4v) is 2.69. The van der Waals surface area contributed by atoms with Crippen LogP contribution in [0, 0.1) is 5.82 Å². The Hall–Kier alpha value is -1.75. The Labute approximate surface area is 117 Å². The molecule has 0 bridgehead atoms. The third-order valence-electron chi connectivity index (χ3n) is 3.72. The number of halogens is 1. The van der Waals surface area contributed by atoms with E-state index in [0.29, 0.717) is 5.52 Å². The van der Waals surface area contributed by atoms with Crippen molar-refractivity contribution in [3.63, 3.8) is 0 Å². The Morgan fingerprint density at radius 2 is 2.30 bits per heavy atom.